The normalized spacial score (nSPS) is 19.7. The van der Waals surface area contributed by atoms with Crippen LogP contribution in [0.2, 0.25) is 0 Å². The SMILES string of the molecule is CN1CCC(CN(C)c2cc(C#N)[nH]c(=O)n2)C1. The number of hydrogen-bond acceptors (Lipinski definition) is 5. The van der Waals surface area contributed by atoms with Crippen molar-refractivity contribution in [2.45, 2.75) is 6.42 Å². The number of likely N-dealkylation sites (tertiary alicyclic amines) is 1. The highest BCUT2D eigenvalue weighted by Gasteiger charge is 2.21. The van der Waals surface area contributed by atoms with Gasteiger partial charge in [0.2, 0.25) is 0 Å². The first-order valence-corrected chi connectivity index (χ1v) is 5.99. The molecule has 1 atom stereocenters. The zero-order chi connectivity index (χ0) is 13.1. The molecule has 0 saturated carbocycles. The smallest absolute Gasteiger partial charge is 0.347 e. The van der Waals surface area contributed by atoms with Crippen LogP contribution < -0.4 is 10.6 Å². The topological polar surface area (TPSA) is 76.0 Å². The molecule has 96 valence electrons. The summed E-state index contributed by atoms with van der Waals surface area (Å²) in [4.78, 5) is 21.8. The molecular formula is C12H17N5O. The van der Waals surface area contributed by atoms with Gasteiger partial charge in [-0.15, -0.1) is 0 Å². The Morgan fingerprint density at radius 3 is 3.11 bits per heavy atom. The van der Waals surface area contributed by atoms with E-state index in [0.717, 1.165) is 26.1 Å². The van der Waals surface area contributed by atoms with Crippen molar-refractivity contribution >= 4 is 5.82 Å². The van der Waals surface area contributed by atoms with E-state index in [-0.39, 0.29) is 5.69 Å². The Hall–Kier alpha value is -1.87. The lowest BCUT2D eigenvalue weighted by molar-refractivity contribution is 0.395. The quantitative estimate of drug-likeness (QED) is 0.815. The molecule has 1 saturated heterocycles. The lowest BCUT2D eigenvalue weighted by Gasteiger charge is -2.21. The lowest BCUT2D eigenvalue weighted by Crippen LogP contribution is -2.29. The molecule has 0 amide bonds. The van der Waals surface area contributed by atoms with Crippen LogP contribution in [0.15, 0.2) is 10.9 Å². The molecule has 1 aliphatic rings. The molecule has 0 radical (unpaired) electrons. The molecule has 0 aliphatic carbocycles. The highest BCUT2D eigenvalue weighted by molar-refractivity contribution is 5.41. The number of anilines is 1. The molecule has 1 N–H and O–H groups in total. The van der Waals surface area contributed by atoms with E-state index in [1.54, 1.807) is 6.07 Å². The van der Waals surface area contributed by atoms with Crippen LogP contribution in [-0.4, -0.2) is 48.6 Å². The monoisotopic (exact) mass is 247 g/mol. The third kappa shape index (κ3) is 2.87. The van der Waals surface area contributed by atoms with E-state index < -0.39 is 5.69 Å². The summed E-state index contributed by atoms with van der Waals surface area (Å²) in [6, 6.07) is 3.54. The van der Waals surface area contributed by atoms with Gasteiger partial charge in [0.25, 0.3) is 0 Å². The van der Waals surface area contributed by atoms with E-state index in [0.29, 0.717) is 11.7 Å². The number of aromatic nitrogens is 2. The number of hydrogen-bond donors (Lipinski definition) is 1. The zero-order valence-electron chi connectivity index (χ0n) is 10.7. The Balaban J connectivity index is 2.09. The Bertz CT molecular complexity index is 518. The van der Waals surface area contributed by atoms with Crippen molar-refractivity contribution in [3.63, 3.8) is 0 Å². The number of rotatable bonds is 3. The predicted octanol–water partition coefficient (Wildman–Crippen LogP) is 0.0295. The summed E-state index contributed by atoms with van der Waals surface area (Å²) >= 11 is 0. The van der Waals surface area contributed by atoms with Crippen molar-refractivity contribution < 1.29 is 0 Å². The van der Waals surface area contributed by atoms with E-state index in [2.05, 4.69) is 21.9 Å². The third-order valence-electron chi connectivity index (χ3n) is 3.26. The molecule has 1 aliphatic heterocycles. The van der Waals surface area contributed by atoms with E-state index in [1.807, 2.05) is 18.0 Å². The van der Waals surface area contributed by atoms with Crippen LogP contribution in [0.3, 0.4) is 0 Å². The largest absolute Gasteiger partial charge is 0.359 e. The second-order valence-corrected chi connectivity index (χ2v) is 4.87. The molecule has 1 fully saturated rings. The van der Waals surface area contributed by atoms with Crippen LogP contribution in [-0.2, 0) is 0 Å². The van der Waals surface area contributed by atoms with Gasteiger partial charge in [0.1, 0.15) is 17.6 Å². The molecule has 6 nitrogen and oxygen atoms in total. The molecule has 2 rings (SSSR count). The van der Waals surface area contributed by atoms with Crippen molar-refractivity contribution in [2.75, 3.05) is 38.6 Å². The minimum Gasteiger partial charge on any atom is -0.359 e. The summed E-state index contributed by atoms with van der Waals surface area (Å²) in [6.07, 6.45) is 1.16. The van der Waals surface area contributed by atoms with Gasteiger partial charge in [0.15, 0.2) is 0 Å². The van der Waals surface area contributed by atoms with Crippen LogP contribution in [0.1, 0.15) is 12.1 Å². The molecule has 0 aromatic carbocycles. The van der Waals surface area contributed by atoms with Crippen molar-refractivity contribution in [1.82, 2.24) is 14.9 Å². The fourth-order valence-corrected chi connectivity index (χ4v) is 2.36. The lowest BCUT2D eigenvalue weighted by atomic mass is 10.1. The van der Waals surface area contributed by atoms with Gasteiger partial charge in [0.05, 0.1) is 0 Å². The minimum absolute atomic E-state index is 0.250. The first-order chi connectivity index (χ1) is 8.58. The van der Waals surface area contributed by atoms with Crippen LogP contribution >= 0.6 is 0 Å². The van der Waals surface area contributed by atoms with Gasteiger partial charge in [-0.25, -0.2) is 4.79 Å². The molecule has 2 heterocycles. The number of nitrogens with zero attached hydrogens (tertiary/aromatic N) is 4. The maximum absolute atomic E-state index is 11.3. The summed E-state index contributed by atoms with van der Waals surface area (Å²) < 4.78 is 0. The van der Waals surface area contributed by atoms with Crippen molar-refractivity contribution in [1.29, 1.82) is 5.26 Å². The Labute approximate surface area is 106 Å². The van der Waals surface area contributed by atoms with Gasteiger partial charge in [-0.1, -0.05) is 0 Å². The molecule has 1 unspecified atom stereocenters. The van der Waals surface area contributed by atoms with E-state index >= 15 is 0 Å². The molecular weight excluding hydrogens is 230 g/mol. The Morgan fingerprint density at radius 1 is 1.72 bits per heavy atom. The fraction of sp³-hybridized carbons (Fsp3) is 0.583. The highest BCUT2D eigenvalue weighted by Crippen LogP contribution is 2.17. The second kappa shape index (κ2) is 5.19. The van der Waals surface area contributed by atoms with Crippen molar-refractivity contribution in [2.24, 2.45) is 5.92 Å². The maximum Gasteiger partial charge on any atom is 0.347 e. The Morgan fingerprint density at radius 2 is 2.50 bits per heavy atom. The predicted molar refractivity (Wildman–Crippen MR) is 68.4 cm³/mol. The number of nitrogens with one attached hydrogen (secondary N) is 1. The van der Waals surface area contributed by atoms with Crippen LogP contribution in [0, 0.1) is 17.2 Å². The zero-order valence-corrected chi connectivity index (χ0v) is 10.7. The molecule has 18 heavy (non-hydrogen) atoms. The van der Waals surface area contributed by atoms with Crippen LogP contribution in [0.25, 0.3) is 0 Å². The first kappa shape index (κ1) is 12.6. The summed E-state index contributed by atoms with van der Waals surface area (Å²) in [5.74, 6) is 1.15. The summed E-state index contributed by atoms with van der Waals surface area (Å²) in [6.45, 7) is 3.04. The van der Waals surface area contributed by atoms with Gasteiger partial charge >= 0.3 is 5.69 Å². The average Bonchev–Trinajstić information content (AvgIpc) is 2.73. The number of aromatic amines is 1. The van der Waals surface area contributed by atoms with Gasteiger partial charge in [0, 0.05) is 26.2 Å². The van der Waals surface area contributed by atoms with Gasteiger partial charge in [-0.05, 0) is 25.9 Å². The molecule has 0 bridgehead atoms. The van der Waals surface area contributed by atoms with Crippen LogP contribution in [0.5, 0.6) is 0 Å². The van der Waals surface area contributed by atoms with Crippen LogP contribution in [0.4, 0.5) is 5.82 Å². The van der Waals surface area contributed by atoms with E-state index in [4.69, 9.17) is 5.26 Å². The second-order valence-electron chi connectivity index (χ2n) is 4.87. The third-order valence-corrected chi connectivity index (χ3v) is 3.26. The molecule has 1 aromatic rings. The highest BCUT2D eigenvalue weighted by atomic mass is 16.1. The van der Waals surface area contributed by atoms with Gasteiger partial charge in [-0.2, -0.15) is 10.2 Å². The van der Waals surface area contributed by atoms with Crippen molar-refractivity contribution in [3.8, 4) is 6.07 Å². The minimum atomic E-state index is -0.473. The van der Waals surface area contributed by atoms with E-state index in [1.165, 1.54) is 0 Å². The molecule has 0 spiro atoms. The van der Waals surface area contributed by atoms with Gasteiger partial charge in [-0.3, -0.25) is 4.98 Å². The fourth-order valence-electron chi connectivity index (χ4n) is 2.36. The average molecular weight is 247 g/mol. The molecule has 6 heteroatoms. The summed E-state index contributed by atoms with van der Waals surface area (Å²) in [5.41, 5.74) is -0.222. The first-order valence-electron chi connectivity index (χ1n) is 5.99. The standard InChI is InChI=1S/C12H17N5O/c1-16-4-3-9(7-16)8-17(2)11-5-10(6-13)14-12(18)15-11/h5,9H,3-4,7-8H2,1-2H3,(H,14,15,18). The number of H-pyrrole nitrogens is 1. The summed E-state index contributed by atoms with van der Waals surface area (Å²) in [7, 11) is 4.01. The molecule has 1 aromatic heterocycles. The Kier molecular flexibility index (Phi) is 3.63. The van der Waals surface area contributed by atoms with E-state index in [9.17, 15) is 4.79 Å². The maximum atomic E-state index is 11.3. The summed E-state index contributed by atoms with van der Waals surface area (Å²) in [5, 5.41) is 8.81. The van der Waals surface area contributed by atoms with Gasteiger partial charge < -0.3 is 9.80 Å². The van der Waals surface area contributed by atoms with Crippen molar-refractivity contribution in [3.05, 3.63) is 22.2 Å². The number of nitriles is 1.